The van der Waals surface area contributed by atoms with Crippen molar-refractivity contribution >= 4 is 11.8 Å². The van der Waals surface area contributed by atoms with Gasteiger partial charge in [-0.05, 0) is 29.5 Å². The van der Waals surface area contributed by atoms with E-state index in [0.29, 0.717) is 25.9 Å². The first-order valence-corrected chi connectivity index (χ1v) is 10.1. The molecule has 0 bridgehead atoms. The smallest absolute Gasteiger partial charge is 0.244 e. The number of hydrogen-bond acceptors (Lipinski definition) is 4. The van der Waals surface area contributed by atoms with Gasteiger partial charge >= 0.3 is 0 Å². The van der Waals surface area contributed by atoms with Crippen LogP contribution in [0.15, 0.2) is 67.3 Å². The molecule has 1 fully saturated rings. The van der Waals surface area contributed by atoms with Crippen LogP contribution in [0.25, 0.3) is 11.1 Å². The summed E-state index contributed by atoms with van der Waals surface area (Å²) in [7, 11) is 1.66. The van der Waals surface area contributed by atoms with Crippen LogP contribution in [0.4, 0.5) is 0 Å². The van der Waals surface area contributed by atoms with Gasteiger partial charge in [-0.15, -0.1) is 0 Å². The maximum absolute atomic E-state index is 13.0. The van der Waals surface area contributed by atoms with Gasteiger partial charge < -0.3 is 10.2 Å². The Hall–Kier alpha value is -3.48. The Kier molecular flexibility index (Phi) is 5.61. The number of rotatable bonds is 6. The number of carbonyl (C=O) groups excluding carboxylic acids is 2. The number of nitrogens with zero attached hydrogens (tertiary/aromatic N) is 4. The average Bonchev–Trinajstić information content (AvgIpc) is 3.45. The fraction of sp³-hybridized carbons (Fsp3) is 0.304. The van der Waals surface area contributed by atoms with Crippen molar-refractivity contribution in [3.8, 4) is 11.1 Å². The molecule has 2 amide bonds. The molecule has 154 valence electrons. The second-order valence-electron chi connectivity index (χ2n) is 7.72. The highest BCUT2D eigenvalue weighted by atomic mass is 16.2. The number of amides is 2. The molecule has 0 spiro atoms. The van der Waals surface area contributed by atoms with Crippen LogP contribution >= 0.6 is 0 Å². The molecule has 0 saturated carbocycles. The lowest BCUT2D eigenvalue weighted by Gasteiger charge is -2.28. The third-order valence-electron chi connectivity index (χ3n) is 5.81. The summed E-state index contributed by atoms with van der Waals surface area (Å²) >= 11 is 0. The number of nitrogens with one attached hydrogen (secondary N) is 1. The lowest BCUT2D eigenvalue weighted by Crippen LogP contribution is -2.44. The molecule has 30 heavy (non-hydrogen) atoms. The van der Waals surface area contributed by atoms with Crippen LogP contribution < -0.4 is 5.32 Å². The first-order valence-electron chi connectivity index (χ1n) is 10.1. The molecule has 1 aliphatic heterocycles. The van der Waals surface area contributed by atoms with E-state index in [2.05, 4.69) is 39.7 Å². The first-order chi connectivity index (χ1) is 14.6. The van der Waals surface area contributed by atoms with Crippen molar-refractivity contribution in [2.24, 2.45) is 5.41 Å². The highest BCUT2D eigenvalue weighted by Crippen LogP contribution is 2.37. The average molecular weight is 403 g/mol. The third kappa shape index (κ3) is 3.96. The fourth-order valence-electron chi connectivity index (χ4n) is 4.25. The number of likely N-dealkylation sites (tertiary alicyclic amines) is 1. The maximum Gasteiger partial charge on any atom is 0.244 e. The summed E-state index contributed by atoms with van der Waals surface area (Å²) in [5.74, 6) is -0.0796. The van der Waals surface area contributed by atoms with E-state index in [0.717, 1.165) is 16.7 Å². The summed E-state index contributed by atoms with van der Waals surface area (Å²) in [6.45, 7) is 1.07. The van der Waals surface area contributed by atoms with Crippen LogP contribution in [-0.4, -0.2) is 51.6 Å². The summed E-state index contributed by atoms with van der Waals surface area (Å²) < 4.78 is 1.51. The zero-order valence-electron chi connectivity index (χ0n) is 17.0. The standard InChI is InChI=1S/C23H25N5O2/c1-24-22(30)23(11-12-27(15-23)21(29)14-28-17-25-16-26-28)13-19-9-5-6-10-20(19)18-7-3-2-4-8-18/h2-10,16-17H,11-15H2,1H3,(H,24,30)/t23-/m0/s1. The molecule has 7 nitrogen and oxygen atoms in total. The maximum atomic E-state index is 13.0. The largest absolute Gasteiger partial charge is 0.359 e. The van der Waals surface area contributed by atoms with E-state index in [1.165, 1.54) is 17.3 Å². The topological polar surface area (TPSA) is 80.1 Å². The molecule has 0 unspecified atom stereocenters. The minimum Gasteiger partial charge on any atom is -0.359 e. The molecule has 2 aromatic carbocycles. The summed E-state index contributed by atoms with van der Waals surface area (Å²) in [6.07, 6.45) is 4.13. The monoisotopic (exact) mass is 403 g/mol. The van der Waals surface area contributed by atoms with Gasteiger partial charge in [0.05, 0.1) is 5.41 Å². The van der Waals surface area contributed by atoms with Crippen molar-refractivity contribution in [3.63, 3.8) is 0 Å². The highest BCUT2D eigenvalue weighted by molar-refractivity contribution is 5.86. The van der Waals surface area contributed by atoms with Crippen molar-refractivity contribution in [2.45, 2.75) is 19.4 Å². The zero-order valence-corrected chi connectivity index (χ0v) is 17.0. The Morgan fingerprint density at radius 3 is 2.60 bits per heavy atom. The lowest BCUT2D eigenvalue weighted by molar-refractivity contribution is -0.133. The number of hydrogen-bond donors (Lipinski definition) is 1. The number of benzene rings is 2. The predicted molar refractivity (Wildman–Crippen MR) is 113 cm³/mol. The van der Waals surface area contributed by atoms with Gasteiger partial charge in [-0.1, -0.05) is 54.6 Å². The molecule has 3 aromatic rings. The Bertz CT molecular complexity index is 1020. The van der Waals surface area contributed by atoms with E-state index in [1.807, 2.05) is 30.3 Å². The molecule has 0 radical (unpaired) electrons. The number of aromatic nitrogens is 3. The molecule has 1 saturated heterocycles. The van der Waals surface area contributed by atoms with Gasteiger partial charge in [0.15, 0.2) is 0 Å². The van der Waals surface area contributed by atoms with E-state index in [-0.39, 0.29) is 18.4 Å². The minimum atomic E-state index is -0.655. The summed E-state index contributed by atoms with van der Waals surface area (Å²) in [6, 6.07) is 18.4. The molecule has 2 heterocycles. The van der Waals surface area contributed by atoms with Crippen molar-refractivity contribution in [1.82, 2.24) is 25.0 Å². The van der Waals surface area contributed by atoms with Crippen molar-refractivity contribution in [3.05, 3.63) is 72.8 Å². The van der Waals surface area contributed by atoms with Gasteiger partial charge in [0.2, 0.25) is 11.8 Å². The van der Waals surface area contributed by atoms with Crippen LogP contribution in [0.3, 0.4) is 0 Å². The SMILES string of the molecule is CNC(=O)[C@]1(Cc2ccccc2-c2ccccc2)CCN(C(=O)Cn2cncn2)C1. The van der Waals surface area contributed by atoms with Crippen LogP contribution in [0.2, 0.25) is 0 Å². The summed E-state index contributed by atoms with van der Waals surface area (Å²) in [4.78, 5) is 31.4. The van der Waals surface area contributed by atoms with Crippen LogP contribution in [0.1, 0.15) is 12.0 Å². The fourth-order valence-corrected chi connectivity index (χ4v) is 4.25. The number of carbonyl (C=O) groups is 2. The molecule has 0 aliphatic carbocycles. The van der Waals surface area contributed by atoms with Crippen molar-refractivity contribution < 1.29 is 9.59 Å². The molecular formula is C23H25N5O2. The summed E-state index contributed by atoms with van der Waals surface area (Å²) in [5, 5.41) is 6.83. The van der Waals surface area contributed by atoms with Gasteiger partial charge in [0, 0.05) is 20.1 Å². The Morgan fingerprint density at radius 2 is 1.87 bits per heavy atom. The lowest BCUT2D eigenvalue weighted by atomic mass is 9.78. The Morgan fingerprint density at radius 1 is 1.10 bits per heavy atom. The van der Waals surface area contributed by atoms with Gasteiger partial charge in [-0.2, -0.15) is 5.10 Å². The second-order valence-corrected chi connectivity index (χ2v) is 7.72. The predicted octanol–water partition coefficient (Wildman–Crippen LogP) is 2.15. The minimum absolute atomic E-state index is 0.0265. The van der Waals surface area contributed by atoms with Gasteiger partial charge in [-0.25, -0.2) is 9.67 Å². The van der Waals surface area contributed by atoms with Crippen molar-refractivity contribution in [1.29, 1.82) is 0 Å². The van der Waals surface area contributed by atoms with E-state index in [4.69, 9.17) is 0 Å². The van der Waals surface area contributed by atoms with Crippen molar-refractivity contribution in [2.75, 3.05) is 20.1 Å². The molecule has 4 rings (SSSR count). The summed E-state index contributed by atoms with van der Waals surface area (Å²) in [5.41, 5.74) is 2.70. The molecule has 1 N–H and O–H groups in total. The zero-order chi connectivity index (χ0) is 21.0. The molecule has 7 heteroatoms. The van der Waals surface area contributed by atoms with Gasteiger partial charge in [0.1, 0.15) is 19.2 Å². The molecule has 1 atom stereocenters. The van der Waals surface area contributed by atoms with E-state index >= 15 is 0 Å². The van der Waals surface area contributed by atoms with E-state index in [1.54, 1.807) is 11.9 Å². The van der Waals surface area contributed by atoms with E-state index in [9.17, 15) is 9.59 Å². The normalized spacial score (nSPS) is 18.4. The van der Waals surface area contributed by atoms with Crippen LogP contribution in [-0.2, 0) is 22.6 Å². The molecule has 1 aliphatic rings. The van der Waals surface area contributed by atoms with Gasteiger partial charge in [0.25, 0.3) is 0 Å². The highest BCUT2D eigenvalue weighted by Gasteiger charge is 2.45. The quantitative estimate of drug-likeness (QED) is 0.684. The Balaban J connectivity index is 1.59. The van der Waals surface area contributed by atoms with Gasteiger partial charge in [-0.3, -0.25) is 9.59 Å². The third-order valence-corrected chi connectivity index (χ3v) is 5.81. The van der Waals surface area contributed by atoms with E-state index < -0.39 is 5.41 Å². The van der Waals surface area contributed by atoms with Crippen LogP contribution in [0.5, 0.6) is 0 Å². The Labute approximate surface area is 175 Å². The molecule has 1 aromatic heterocycles. The second kappa shape index (κ2) is 8.49. The molecular weight excluding hydrogens is 378 g/mol. The van der Waals surface area contributed by atoms with Crippen LogP contribution in [0, 0.1) is 5.41 Å². The first kappa shape index (κ1) is 19.8.